The van der Waals surface area contributed by atoms with Crippen molar-refractivity contribution >= 4 is 5.91 Å². The lowest BCUT2D eigenvalue weighted by Crippen LogP contribution is -2.58. The Hall–Kier alpha value is -3.72. The van der Waals surface area contributed by atoms with Gasteiger partial charge in [0.05, 0.1) is 29.8 Å². The van der Waals surface area contributed by atoms with E-state index in [9.17, 15) is 4.79 Å². The molecule has 1 saturated heterocycles. The Balaban J connectivity index is 1.27. The lowest BCUT2D eigenvalue weighted by Gasteiger charge is -2.38. The fourth-order valence-electron chi connectivity index (χ4n) is 3.82. The molecule has 1 aliphatic rings. The molecule has 1 aliphatic heterocycles. The number of carbonyl (C=O) groups excluding carboxylic acids is 1. The molecule has 9 nitrogen and oxygen atoms in total. The normalized spacial score (nSPS) is 14.5. The highest BCUT2D eigenvalue weighted by atomic mass is 16.3. The number of aryl methyl sites for hydroxylation is 1. The molecule has 0 bridgehead atoms. The number of aromatic nitrogens is 5. The van der Waals surface area contributed by atoms with E-state index in [1.807, 2.05) is 55.1 Å². The predicted molar refractivity (Wildman–Crippen MR) is 119 cm³/mol. The van der Waals surface area contributed by atoms with Gasteiger partial charge in [-0.15, -0.1) is 5.10 Å². The van der Waals surface area contributed by atoms with Gasteiger partial charge in [0.15, 0.2) is 5.76 Å². The van der Waals surface area contributed by atoms with Crippen molar-refractivity contribution in [2.45, 2.75) is 19.9 Å². The zero-order chi connectivity index (χ0) is 22.2. The van der Waals surface area contributed by atoms with Gasteiger partial charge in [-0.3, -0.25) is 9.69 Å². The quantitative estimate of drug-likeness (QED) is 0.504. The number of rotatable bonds is 6. The summed E-state index contributed by atoms with van der Waals surface area (Å²) < 4.78 is 9.51. The lowest BCUT2D eigenvalue weighted by molar-refractivity contribution is 0.0799. The van der Waals surface area contributed by atoms with Gasteiger partial charge in [-0.1, -0.05) is 12.1 Å². The molecule has 32 heavy (non-hydrogen) atoms. The number of benzene rings is 1. The molecule has 5 rings (SSSR count). The summed E-state index contributed by atoms with van der Waals surface area (Å²) in [5.74, 6) is 1.72. The van der Waals surface area contributed by atoms with E-state index in [1.165, 1.54) is 0 Å². The van der Waals surface area contributed by atoms with Gasteiger partial charge in [0.2, 0.25) is 0 Å². The number of hydrogen-bond acceptors (Lipinski definition) is 6. The fraction of sp³-hybridized carbons (Fsp3) is 0.304. The number of amides is 1. The topological polar surface area (TPSA) is 94.0 Å². The van der Waals surface area contributed by atoms with Crippen molar-refractivity contribution in [1.82, 2.24) is 34.8 Å². The number of hydrogen-bond donors (Lipinski definition) is 1. The Labute approximate surface area is 185 Å². The van der Waals surface area contributed by atoms with Crippen LogP contribution in [0.2, 0.25) is 0 Å². The second kappa shape index (κ2) is 8.08. The molecule has 3 aromatic heterocycles. The van der Waals surface area contributed by atoms with E-state index in [1.54, 1.807) is 16.9 Å². The number of imidazole rings is 1. The summed E-state index contributed by atoms with van der Waals surface area (Å²) in [7, 11) is 1.95. The number of likely N-dealkylation sites (N-methyl/N-ethyl adjacent to an activating group) is 1. The minimum atomic E-state index is -0.172. The van der Waals surface area contributed by atoms with Crippen LogP contribution in [0.1, 0.15) is 23.3 Å². The molecule has 164 valence electrons. The van der Waals surface area contributed by atoms with Crippen LogP contribution in [-0.2, 0) is 7.05 Å². The number of nitrogens with one attached hydrogen (secondary N) is 1. The first kappa shape index (κ1) is 20.2. The van der Waals surface area contributed by atoms with Crippen LogP contribution in [0, 0.1) is 6.92 Å². The highest BCUT2D eigenvalue weighted by molar-refractivity contribution is 5.92. The maximum absolute atomic E-state index is 12.4. The summed E-state index contributed by atoms with van der Waals surface area (Å²) in [6.07, 6.45) is 3.67. The summed E-state index contributed by atoms with van der Waals surface area (Å²) in [5.41, 5.74) is 3.43. The summed E-state index contributed by atoms with van der Waals surface area (Å²) in [4.78, 5) is 19.0. The van der Waals surface area contributed by atoms with Gasteiger partial charge >= 0.3 is 0 Å². The molecule has 0 atom stereocenters. The maximum Gasteiger partial charge on any atom is 0.287 e. The Morgan fingerprint density at radius 3 is 2.66 bits per heavy atom. The first-order valence-electron chi connectivity index (χ1n) is 10.7. The molecule has 4 heterocycles. The largest absolute Gasteiger partial charge is 0.451 e. The summed E-state index contributed by atoms with van der Waals surface area (Å²) >= 11 is 0. The molecular formula is C23H25N7O2. The molecule has 0 radical (unpaired) electrons. The predicted octanol–water partition coefficient (Wildman–Crippen LogP) is 2.67. The number of carbonyl (C=O) groups is 1. The first-order chi connectivity index (χ1) is 15.5. The van der Waals surface area contributed by atoms with E-state index in [0.717, 1.165) is 48.1 Å². The van der Waals surface area contributed by atoms with E-state index >= 15 is 0 Å². The van der Waals surface area contributed by atoms with Crippen molar-refractivity contribution in [3.8, 4) is 28.4 Å². The third-order valence-corrected chi connectivity index (χ3v) is 5.96. The van der Waals surface area contributed by atoms with Gasteiger partial charge in [-0.05, 0) is 49.9 Å². The minimum Gasteiger partial charge on any atom is -0.451 e. The van der Waals surface area contributed by atoms with Crippen molar-refractivity contribution in [2.24, 2.45) is 7.05 Å². The molecule has 1 N–H and O–H groups in total. The average Bonchev–Trinajstić information content (AvgIpc) is 3.52. The van der Waals surface area contributed by atoms with Crippen LogP contribution in [0.25, 0.3) is 28.4 Å². The molecule has 1 fully saturated rings. The van der Waals surface area contributed by atoms with E-state index in [2.05, 4.69) is 32.4 Å². The number of furan rings is 1. The molecular weight excluding hydrogens is 406 g/mol. The number of nitrogens with zero attached hydrogens (tertiary/aromatic N) is 6. The number of likely N-dealkylation sites (tertiary alicyclic amines) is 1. The third-order valence-electron chi connectivity index (χ3n) is 5.96. The van der Waals surface area contributed by atoms with Gasteiger partial charge in [0.1, 0.15) is 17.3 Å². The Kier molecular flexibility index (Phi) is 5.10. The van der Waals surface area contributed by atoms with Crippen LogP contribution in [0.5, 0.6) is 0 Å². The third kappa shape index (κ3) is 3.71. The van der Waals surface area contributed by atoms with Crippen LogP contribution >= 0.6 is 0 Å². The van der Waals surface area contributed by atoms with Gasteiger partial charge in [0, 0.05) is 25.7 Å². The summed E-state index contributed by atoms with van der Waals surface area (Å²) in [6, 6.07) is 11.5. The van der Waals surface area contributed by atoms with E-state index in [4.69, 9.17) is 4.42 Å². The SMILES string of the molecule is CCN1CC(NC(=O)c2ccc(-c3ccc(-n4cc(-c5cnc(C)n5C)nn4)cc3)o2)C1. The lowest BCUT2D eigenvalue weighted by atomic mass is 10.1. The van der Waals surface area contributed by atoms with Crippen LogP contribution in [0.4, 0.5) is 0 Å². The van der Waals surface area contributed by atoms with Gasteiger partial charge in [-0.2, -0.15) is 0 Å². The van der Waals surface area contributed by atoms with E-state index in [-0.39, 0.29) is 11.9 Å². The van der Waals surface area contributed by atoms with Gasteiger partial charge in [-0.25, -0.2) is 9.67 Å². The minimum absolute atomic E-state index is 0.172. The highest BCUT2D eigenvalue weighted by Gasteiger charge is 2.27. The van der Waals surface area contributed by atoms with Crippen molar-refractivity contribution in [1.29, 1.82) is 0 Å². The molecule has 4 aromatic rings. The van der Waals surface area contributed by atoms with Gasteiger partial charge < -0.3 is 14.3 Å². The molecule has 0 aliphatic carbocycles. The maximum atomic E-state index is 12.4. The van der Waals surface area contributed by atoms with Crippen molar-refractivity contribution < 1.29 is 9.21 Å². The van der Waals surface area contributed by atoms with Crippen LogP contribution in [0.3, 0.4) is 0 Å². The molecule has 0 saturated carbocycles. The molecule has 0 spiro atoms. The van der Waals surface area contributed by atoms with E-state index in [0.29, 0.717) is 11.5 Å². The van der Waals surface area contributed by atoms with E-state index < -0.39 is 0 Å². The second-order valence-corrected chi connectivity index (χ2v) is 8.03. The van der Waals surface area contributed by atoms with Crippen molar-refractivity contribution in [3.05, 3.63) is 60.4 Å². The van der Waals surface area contributed by atoms with Gasteiger partial charge in [0.25, 0.3) is 5.91 Å². The van der Waals surface area contributed by atoms with Crippen LogP contribution < -0.4 is 5.32 Å². The standard InChI is InChI=1S/C23H25N7O2/c1-4-29-12-17(13-29)25-23(31)22-10-9-21(32-22)16-5-7-18(8-6-16)30-14-19(26-27-30)20-11-24-15(2)28(20)3/h5-11,14,17H,4,12-13H2,1-3H3,(H,25,31). The highest BCUT2D eigenvalue weighted by Crippen LogP contribution is 2.24. The van der Waals surface area contributed by atoms with Crippen LogP contribution in [0.15, 0.2) is 53.2 Å². The Bertz CT molecular complexity index is 1250. The smallest absolute Gasteiger partial charge is 0.287 e. The molecule has 0 unspecified atom stereocenters. The zero-order valence-electron chi connectivity index (χ0n) is 18.3. The molecule has 9 heteroatoms. The Morgan fingerprint density at radius 1 is 1.19 bits per heavy atom. The first-order valence-corrected chi connectivity index (χ1v) is 10.7. The van der Waals surface area contributed by atoms with Crippen molar-refractivity contribution in [3.63, 3.8) is 0 Å². The monoisotopic (exact) mass is 431 g/mol. The zero-order valence-corrected chi connectivity index (χ0v) is 18.3. The average molecular weight is 432 g/mol. The summed E-state index contributed by atoms with van der Waals surface area (Å²) in [5, 5.41) is 11.5. The summed E-state index contributed by atoms with van der Waals surface area (Å²) in [6.45, 7) is 6.85. The second-order valence-electron chi connectivity index (χ2n) is 8.03. The fourth-order valence-corrected chi connectivity index (χ4v) is 3.82. The molecule has 1 amide bonds. The van der Waals surface area contributed by atoms with Crippen molar-refractivity contribution in [2.75, 3.05) is 19.6 Å². The molecule has 1 aromatic carbocycles. The Morgan fingerprint density at radius 2 is 1.97 bits per heavy atom. The van der Waals surface area contributed by atoms with Crippen LogP contribution in [-0.4, -0.2) is 61.0 Å².